The molecule has 0 bridgehead atoms. The summed E-state index contributed by atoms with van der Waals surface area (Å²) in [4.78, 5) is 13.1. The molecule has 2 rings (SSSR count). The van der Waals surface area contributed by atoms with Crippen LogP contribution >= 0.6 is 11.6 Å². The number of nitrogens with zero attached hydrogens (tertiary/aromatic N) is 1. The van der Waals surface area contributed by atoms with Crippen molar-refractivity contribution in [2.24, 2.45) is 0 Å². The Hall–Kier alpha value is -2.00. The molecule has 0 radical (unpaired) electrons. The van der Waals surface area contributed by atoms with E-state index in [4.69, 9.17) is 11.6 Å². The first-order valence-corrected chi connectivity index (χ1v) is 6.20. The number of rotatable bonds is 3. The van der Waals surface area contributed by atoms with Crippen molar-refractivity contribution in [2.75, 3.05) is 11.9 Å². The van der Waals surface area contributed by atoms with E-state index in [1.54, 1.807) is 12.1 Å². The molecule has 0 saturated carbocycles. The normalized spacial score (nSPS) is 10.3. The van der Waals surface area contributed by atoms with Gasteiger partial charge < -0.3 is 10.0 Å². The van der Waals surface area contributed by atoms with E-state index in [1.807, 2.05) is 43.1 Å². The molecule has 1 N–H and O–H groups in total. The molecular formula is C15H14ClNO2. The number of aryl methyl sites for hydroxylation is 1. The average molecular weight is 276 g/mol. The standard InChI is InChI=1S/C15H14ClNO2/c1-10-3-6-12(7-4-10)17(2)14-8-5-11(16)9-13(14)15(18)19/h3-9H,1-2H3,(H,18,19). The zero-order chi connectivity index (χ0) is 14.0. The smallest absolute Gasteiger partial charge is 0.337 e. The predicted molar refractivity (Wildman–Crippen MR) is 77.7 cm³/mol. The fraction of sp³-hybridized carbons (Fsp3) is 0.133. The van der Waals surface area contributed by atoms with Gasteiger partial charge in [0.1, 0.15) is 0 Å². The fourth-order valence-electron chi connectivity index (χ4n) is 1.88. The van der Waals surface area contributed by atoms with E-state index in [0.717, 1.165) is 11.3 Å². The van der Waals surface area contributed by atoms with Crippen molar-refractivity contribution in [3.8, 4) is 0 Å². The monoisotopic (exact) mass is 275 g/mol. The molecule has 0 saturated heterocycles. The van der Waals surface area contributed by atoms with E-state index in [-0.39, 0.29) is 5.56 Å². The molecule has 0 aromatic heterocycles. The van der Waals surface area contributed by atoms with Crippen LogP contribution in [0.25, 0.3) is 0 Å². The van der Waals surface area contributed by atoms with Gasteiger partial charge in [0.2, 0.25) is 0 Å². The molecule has 0 aliphatic heterocycles. The zero-order valence-corrected chi connectivity index (χ0v) is 11.5. The Labute approximate surface area is 117 Å². The number of benzene rings is 2. The lowest BCUT2D eigenvalue weighted by atomic mass is 10.1. The molecule has 0 aliphatic rings. The first-order chi connectivity index (χ1) is 8.99. The second kappa shape index (κ2) is 5.33. The third-order valence-corrected chi connectivity index (χ3v) is 3.21. The molecule has 0 spiro atoms. The minimum atomic E-state index is -0.989. The summed E-state index contributed by atoms with van der Waals surface area (Å²) < 4.78 is 0. The maximum atomic E-state index is 11.3. The highest BCUT2D eigenvalue weighted by Gasteiger charge is 2.15. The maximum absolute atomic E-state index is 11.3. The topological polar surface area (TPSA) is 40.5 Å². The molecule has 0 fully saturated rings. The van der Waals surface area contributed by atoms with E-state index in [2.05, 4.69) is 0 Å². The molecule has 4 heteroatoms. The highest BCUT2D eigenvalue weighted by Crippen LogP contribution is 2.29. The van der Waals surface area contributed by atoms with Gasteiger partial charge in [-0.2, -0.15) is 0 Å². The lowest BCUT2D eigenvalue weighted by Crippen LogP contribution is -2.14. The Morgan fingerprint density at radius 2 is 1.79 bits per heavy atom. The van der Waals surface area contributed by atoms with Crippen LogP contribution in [0.4, 0.5) is 11.4 Å². The largest absolute Gasteiger partial charge is 0.478 e. The number of carbonyl (C=O) groups is 1. The minimum absolute atomic E-state index is 0.190. The zero-order valence-electron chi connectivity index (χ0n) is 10.7. The molecule has 0 amide bonds. The third-order valence-electron chi connectivity index (χ3n) is 2.97. The van der Waals surface area contributed by atoms with Crippen LogP contribution in [0.3, 0.4) is 0 Å². The van der Waals surface area contributed by atoms with Gasteiger partial charge in [0.15, 0.2) is 0 Å². The van der Waals surface area contributed by atoms with Crippen molar-refractivity contribution in [3.63, 3.8) is 0 Å². The van der Waals surface area contributed by atoms with Crippen molar-refractivity contribution in [1.29, 1.82) is 0 Å². The van der Waals surface area contributed by atoms with E-state index in [9.17, 15) is 9.90 Å². The molecule has 0 unspecified atom stereocenters. The molecular weight excluding hydrogens is 262 g/mol. The summed E-state index contributed by atoms with van der Waals surface area (Å²) in [7, 11) is 1.83. The number of hydrogen-bond acceptors (Lipinski definition) is 2. The van der Waals surface area contributed by atoms with Gasteiger partial charge in [-0.25, -0.2) is 4.79 Å². The quantitative estimate of drug-likeness (QED) is 0.916. The number of halogens is 1. The Morgan fingerprint density at radius 1 is 1.16 bits per heavy atom. The maximum Gasteiger partial charge on any atom is 0.337 e. The van der Waals surface area contributed by atoms with Crippen molar-refractivity contribution in [2.45, 2.75) is 6.92 Å². The molecule has 19 heavy (non-hydrogen) atoms. The SMILES string of the molecule is Cc1ccc(N(C)c2ccc(Cl)cc2C(=O)O)cc1. The van der Waals surface area contributed by atoms with E-state index < -0.39 is 5.97 Å². The Morgan fingerprint density at radius 3 is 2.37 bits per heavy atom. The lowest BCUT2D eigenvalue weighted by molar-refractivity contribution is 0.0697. The van der Waals surface area contributed by atoms with Crippen LogP contribution in [0.1, 0.15) is 15.9 Å². The van der Waals surface area contributed by atoms with Gasteiger partial charge in [0.05, 0.1) is 11.3 Å². The molecule has 0 atom stereocenters. The second-order valence-electron chi connectivity index (χ2n) is 4.36. The van der Waals surface area contributed by atoms with Crippen LogP contribution in [-0.2, 0) is 0 Å². The molecule has 2 aromatic rings. The van der Waals surface area contributed by atoms with Gasteiger partial charge in [-0.05, 0) is 37.3 Å². The van der Waals surface area contributed by atoms with Crippen molar-refractivity contribution < 1.29 is 9.90 Å². The fourth-order valence-corrected chi connectivity index (χ4v) is 2.05. The van der Waals surface area contributed by atoms with Crippen molar-refractivity contribution >= 4 is 28.9 Å². The number of anilines is 2. The Balaban J connectivity index is 2.46. The van der Waals surface area contributed by atoms with Crippen LogP contribution in [0, 0.1) is 6.92 Å². The van der Waals surface area contributed by atoms with Gasteiger partial charge in [-0.3, -0.25) is 0 Å². The predicted octanol–water partition coefficient (Wildman–Crippen LogP) is 4.11. The average Bonchev–Trinajstić information content (AvgIpc) is 2.38. The second-order valence-corrected chi connectivity index (χ2v) is 4.80. The van der Waals surface area contributed by atoms with E-state index >= 15 is 0 Å². The van der Waals surface area contributed by atoms with Gasteiger partial charge >= 0.3 is 5.97 Å². The van der Waals surface area contributed by atoms with Gasteiger partial charge in [-0.15, -0.1) is 0 Å². The van der Waals surface area contributed by atoms with Crippen LogP contribution in [0.5, 0.6) is 0 Å². The van der Waals surface area contributed by atoms with Crippen LogP contribution < -0.4 is 4.90 Å². The molecule has 0 heterocycles. The van der Waals surface area contributed by atoms with Gasteiger partial charge in [0.25, 0.3) is 0 Å². The van der Waals surface area contributed by atoms with Crippen molar-refractivity contribution in [1.82, 2.24) is 0 Å². The minimum Gasteiger partial charge on any atom is -0.478 e. The van der Waals surface area contributed by atoms with Crippen LogP contribution in [-0.4, -0.2) is 18.1 Å². The molecule has 2 aromatic carbocycles. The van der Waals surface area contributed by atoms with E-state index in [0.29, 0.717) is 10.7 Å². The molecule has 0 aliphatic carbocycles. The van der Waals surface area contributed by atoms with E-state index in [1.165, 1.54) is 6.07 Å². The molecule has 3 nitrogen and oxygen atoms in total. The number of carboxylic acids is 1. The highest BCUT2D eigenvalue weighted by atomic mass is 35.5. The third kappa shape index (κ3) is 2.88. The summed E-state index contributed by atoms with van der Waals surface area (Å²) in [5, 5.41) is 9.66. The lowest BCUT2D eigenvalue weighted by Gasteiger charge is -2.21. The summed E-state index contributed by atoms with van der Waals surface area (Å²) in [5.74, 6) is -0.989. The van der Waals surface area contributed by atoms with Crippen molar-refractivity contribution in [3.05, 3.63) is 58.6 Å². The summed E-state index contributed by atoms with van der Waals surface area (Å²) in [6.45, 7) is 2.01. The van der Waals surface area contributed by atoms with Crippen LogP contribution in [0.15, 0.2) is 42.5 Å². The first kappa shape index (κ1) is 13.4. The summed E-state index contributed by atoms with van der Waals surface area (Å²) >= 11 is 5.85. The number of carboxylic acid groups (broad SMARTS) is 1. The van der Waals surface area contributed by atoms with Crippen LogP contribution in [0.2, 0.25) is 5.02 Å². The Bertz CT molecular complexity index is 608. The summed E-state index contributed by atoms with van der Waals surface area (Å²) in [5.41, 5.74) is 2.89. The molecule has 98 valence electrons. The highest BCUT2D eigenvalue weighted by molar-refractivity contribution is 6.31. The summed E-state index contributed by atoms with van der Waals surface area (Å²) in [6, 6.07) is 12.7. The Kier molecular flexibility index (Phi) is 3.76. The number of hydrogen-bond donors (Lipinski definition) is 1. The van der Waals surface area contributed by atoms with Gasteiger partial charge in [0, 0.05) is 17.8 Å². The first-order valence-electron chi connectivity index (χ1n) is 5.82. The number of aromatic carboxylic acids is 1. The summed E-state index contributed by atoms with van der Waals surface area (Å²) in [6.07, 6.45) is 0. The van der Waals surface area contributed by atoms with Gasteiger partial charge in [-0.1, -0.05) is 29.3 Å².